The van der Waals surface area contributed by atoms with Crippen LogP contribution in [0.15, 0.2) is 152 Å². The van der Waals surface area contributed by atoms with E-state index in [1.165, 1.54) is 72.8 Å². The molecule has 3 aliphatic rings. The minimum atomic E-state index is -2.22. The molecule has 91 heavy (non-hydrogen) atoms. The summed E-state index contributed by atoms with van der Waals surface area (Å²) in [4.78, 5) is 136. The van der Waals surface area contributed by atoms with Crippen LogP contribution in [0.5, 0.6) is 0 Å². The molecule has 0 radical (unpaired) electrons. The summed E-state index contributed by atoms with van der Waals surface area (Å²) in [6.45, 7) is 3.67. The molecule has 482 valence electrons. The number of ether oxygens (including phenoxy) is 16. The molecule has 5 aromatic carbocycles. The van der Waals surface area contributed by atoms with Crippen LogP contribution in [0.4, 0.5) is 0 Å². The lowest BCUT2D eigenvalue weighted by atomic mass is 9.95. The molecule has 3 fully saturated rings. The molecule has 15 atom stereocenters. The average Bonchev–Trinajstić information content (AvgIpc) is 0.788. The molecule has 3 aliphatic heterocycles. The van der Waals surface area contributed by atoms with Crippen molar-refractivity contribution in [1.82, 2.24) is 0 Å². The number of hydrogen-bond donors (Lipinski definition) is 0. The zero-order valence-corrected chi connectivity index (χ0v) is 50.0. The van der Waals surface area contributed by atoms with Crippen molar-refractivity contribution in [1.29, 1.82) is 0 Å². The van der Waals surface area contributed by atoms with Crippen molar-refractivity contribution in [3.63, 3.8) is 0 Å². The molecule has 0 spiro atoms. The summed E-state index contributed by atoms with van der Waals surface area (Å²) >= 11 is 0. The highest BCUT2D eigenvalue weighted by atomic mass is 16.8. The Kier molecular flexibility index (Phi) is 24.0. The number of carbonyl (C=O) groups excluding carboxylic acids is 10. The van der Waals surface area contributed by atoms with Crippen LogP contribution < -0.4 is 0 Å². The molecule has 3 saturated heterocycles. The second kappa shape index (κ2) is 32.3. The Bertz CT molecular complexity index is 3300. The van der Waals surface area contributed by atoms with Gasteiger partial charge in [-0.2, -0.15) is 0 Å². The lowest BCUT2D eigenvalue weighted by Crippen LogP contribution is -2.69. The van der Waals surface area contributed by atoms with Crippen LogP contribution in [-0.2, 0) is 111 Å². The lowest BCUT2D eigenvalue weighted by molar-refractivity contribution is -0.381. The predicted molar refractivity (Wildman–Crippen MR) is 306 cm³/mol. The van der Waals surface area contributed by atoms with Gasteiger partial charge in [-0.05, 0) is 54.1 Å². The molecule has 5 aromatic rings. The Labute approximate surface area is 521 Å². The first kappa shape index (κ1) is 67.5. The fourth-order valence-electron chi connectivity index (χ4n) is 9.98. The molecular formula is C65H66O26. The number of rotatable bonds is 24. The van der Waals surface area contributed by atoms with Crippen molar-refractivity contribution in [2.24, 2.45) is 0 Å². The van der Waals surface area contributed by atoms with Gasteiger partial charge in [-0.15, -0.1) is 0 Å². The smallest absolute Gasteiger partial charge is 0.338 e. The molecule has 0 aliphatic carbocycles. The van der Waals surface area contributed by atoms with Gasteiger partial charge in [0.2, 0.25) is 0 Å². The van der Waals surface area contributed by atoms with Gasteiger partial charge in [0, 0.05) is 41.5 Å². The summed E-state index contributed by atoms with van der Waals surface area (Å²) in [7, 11) is 0. The van der Waals surface area contributed by atoms with Crippen molar-refractivity contribution in [2.45, 2.75) is 140 Å². The van der Waals surface area contributed by atoms with Gasteiger partial charge >= 0.3 is 59.7 Å². The first-order valence-electron chi connectivity index (χ1n) is 28.6. The maximum absolute atomic E-state index is 14.6. The number of benzene rings is 5. The Morgan fingerprint density at radius 1 is 0.297 bits per heavy atom. The van der Waals surface area contributed by atoms with Gasteiger partial charge in [-0.3, -0.25) is 28.8 Å². The van der Waals surface area contributed by atoms with Crippen molar-refractivity contribution < 1.29 is 124 Å². The molecule has 0 unspecified atom stereocenters. The van der Waals surface area contributed by atoms with E-state index < -0.39 is 172 Å². The van der Waals surface area contributed by atoms with Gasteiger partial charge in [0.1, 0.15) is 50.3 Å². The number of carbonyl (C=O) groups is 10. The molecule has 0 bridgehead atoms. The highest BCUT2D eigenvalue weighted by Crippen LogP contribution is 2.39. The van der Waals surface area contributed by atoms with Gasteiger partial charge in [0.25, 0.3) is 0 Å². The van der Waals surface area contributed by atoms with E-state index in [1.807, 2.05) is 0 Å². The summed E-state index contributed by atoms with van der Waals surface area (Å²) in [5.41, 5.74) is 0.510. The third kappa shape index (κ3) is 18.8. The average molecular weight is 1260 g/mol. The Hall–Kier alpha value is -9.44. The summed E-state index contributed by atoms with van der Waals surface area (Å²) in [5, 5.41) is 0. The second-order valence-corrected chi connectivity index (χ2v) is 20.7. The molecule has 26 nitrogen and oxygen atoms in total. The lowest BCUT2D eigenvalue weighted by Gasteiger charge is -2.50. The van der Waals surface area contributed by atoms with E-state index in [0.29, 0.717) is 5.56 Å². The van der Waals surface area contributed by atoms with E-state index >= 15 is 0 Å². The van der Waals surface area contributed by atoms with Gasteiger partial charge in [0.15, 0.2) is 61.6 Å². The Morgan fingerprint density at radius 3 is 0.956 bits per heavy atom. The SMILES string of the molecule is CC(=O)OC[C@H]1O[C@@H](OCc2ccccc2)[C@H](OC(C)=O)[C@@H](O[C@@H]2O[C@H](COC(C)=O)[C@@H](OC(C)=O)[C@H](O[C@@H]3O[C@H](COC(=O)c4ccccc4)[C@@H](OC(=O)c4ccccc4)[C@H](OC(=O)c4ccccc4)[C@H]3OC(=O)c3ccccc3)[C@H]2OC(C)=O)[C@@H]1OC(C)=O. The molecule has 0 amide bonds. The Morgan fingerprint density at radius 2 is 0.582 bits per heavy atom. The second-order valence-electron chi connectivity index (χ2n) is 20.7. The third-order valence-corrected chi connectivity index (χ3v) is 13.9. The van der Waals surface area contributed by atoms with Crippen molar-refractivity contribution in [3.05, 3.63) is 179 Å². The van der Waals surface area contributed by atoms with Crippen molar-refractivity contribution in [2.75, 3.05) is 19.8 Å². The van der Waals surface area contributed by atoms with E-state index in [-0.39, 0.29) is 28.9 Å². The highest BCUT2D eigenvalue weighted by molar-refractivity contribution is 5.92. The molecule has 0 saturated carbocycles. The monoisotopic (exact) mass is 1260 g/mol. The maximum atomic E-state index is 14.6. The van der Waals surface area contributed by atoms with E-state index in [1.54, 1.807) is 78.9 Å². The van der Waals surface area contributed by atoms with Gasteiger partial charge < -0.3 is 75.8 Å². The van der Waals surface area contributed by atoms with Gasteiger partial charge in [-0.1, -0.05) is 103 Å². The van der Waals surface area contributed by atoms with Crippen LogP contribution in [0.2, 0.25) is 0 Å². The third-order valence-electron chi connectivity index (χ3n) is 13.9. The summed E-state index contributed by atoms with van der Waals surface area (Å²) < 4.78 is 98.4. The normalized spacial score (nSPS) is 26.0. The molecule has 8 rings (SSSR count). The van der Waals surface area contributed by atoms with E-state index in [0.717, 1.165) is 41.5 Å². The fraction of sp³-hybridized carbons (Fsp3) is 0.385. The zero-order chi connectivity index (χ0) is 65.1. The first-order valence-corrected chi connectivity index (χ1v) is 28.6. The van der Waals surface area contributed by atoms with Crippen LogP contribution in [0.25, 0.3) is 0 Å². The minimum absolute atomic E-state index is 0.0180. The summed E-state index contributed by atoms with van der Waals surface area (Å²) in [6.07, 6.45) is -28.6. The van der Waals surface area contributed by atoms with Crippen LogP contribution in [0.1, 0.15) is 88.5 Å². The summed E-state index contributed by atoms with van der Waals surface area (Å²) in [5.74, 6) is -9.88. The zero-order valence-electron chi connectivity index (χ0n) is 50.0. The topological polar surface area (TPSA) is 318 Å². The van der Waals surface area contributed by atoms with Gasteiger partial charge in [-0.25, -0.2) is 19.2 Å². The van der Waals surface area contributed by atoms with Gasteiger partial charge in [0.05, 0.1) is 28.9 Å². The summed E-state index contributed by atoms with van der Waals surface area (Å²) in [6, 6.07) is 38.8. The van der Waals surface area contributed by atoms with Crippen LogP contribution in [-0.4, -0.2) is 172 Å². The van der Waals surface area contributed by atoms with E-state index in [2.05, 4.69) is 0 Å². The standard InChI is InChI=1S/C65H66O26/c1-36(66)76-33-47-50(80-38(3)68)54(56(82-40(5)70)63(84-47)79-32-42-22-12-7-13-23-42)90-64-57(83-41(6)71)55(51(81-39(4)69)48(85-64)34-77-37(2)67)91-65-58(89-62(75)46-30-20-11-21-31-46)53(88-61(74)45-28-18-10-19-29-45)52(87-60(73)44-26-16-9-17-27-44)49(86-65)35-78-59(72)43-24-14-8-15-25-43/h7-31,47-58,63-65H,32-35H2,1-6H3/t47-,48-,49-,50-,51-,52-,53+,54+,55+,56-,57-,58-,63-,64+,65+/m1/s1. The first-order chi connectivity index (χ1) is 43.7. The fourth-order valence-corrected chi connectivity index (χ4v) is 9.98. The minimum Gasteiger partial charge on any atom is -0.463 e. The quantitative estimate of drug-likeness (QED) is 0.0541. The highest BCUT2D eigenvalue weighted by Gasteiger charge is 2.61. The maximum Gasteiger partial charge on any atom is 0.338 e. The number of esters is 10. The van der Waals surface area contributed by atoms with E-state index in [9.17, 15) is 47.9 Å². The molecule has 3 heterocycles. The molecule has 26 heteroatoms. The van der Waals surface area contributed by atoms with Crippen LogP contribution in [0.3, 0.4) is 0 Å². The number of hydrogen-bond acceptors (Lipinski definition) is 26. The Balaban J connectivity index is 1.31. The van der Waals surface area contributed by atoms with Crippen LogP contribution >= 0.6 is 0 Å². The molecule has 0 aromatic heterocycles. The molecule has 0 N–H and O–H groups in total. The van der Waals surface area contributed by atoms with Crippen molar-refractivity contribution in [3.8, 4) is 0 Å². The van der Waals surface area contributed by atoms with E-state index in [4.69, 9.17) is 75.8 Å². The molecular weight excluding hydrogens is 1200 g/mol. The largest absolute Gasteiger partial charge is 0.463 e. The van der Waals surface area contributed by atoms with Crippen LogP contribution in [0, 0.1) is 0 Å². The predicted octanol–water partition coefficient (Wildman–Crippen LogP) is 5.54. The van der Waals surface area contributed by atoms with Crippen molar-refractivity contribution >= 4 is 59.7 Å².